The third-order valence-corrected chi connectivity index (χ3v) is 3.50. The van der Waals surface area contributed by atoms with E-state index in [2.05, 4.69) is 26.3 Å². The Labute approximate surface area is 130 Å². The smallest absolute Gasteiger partial charge is 0.258 e. The van der Waals surface area contributed by atoms with E-state index in [1.54, 1.807) is 17.1 Å². The SMILES string of the molecule is O=C(Nc1ccc(Br)cc1)c1cnn(-c2ccccc2)c1. The summed E-state index contributed by atoms with van der Waals surface area (Å²) in [6.07, 6.45) is 3.27. The van der Waals surface area contributed by atoms with E-state index < -0.39 is 0 Å². The lowest BCUT2D eigenvalue weighted by molar-refractivity contribution is 0.102. The van der Waals surface area contributed by atoms with E-state index in [1.165, 1.54) is 0 Å². The number of nitrogens with one attached hydrogen (secondary N) is 1. The van der Waals surface area contributed by atoms with Crippen molar-refractivity contribution in [2.45, 2.75) is 0 Å². The van der Waals surface area contributed by atoms with Gasteiger partial charge in [0.25, 0.3) is 5.91 Å². The van der Waals surface area contributed by atoms with Gasteiger partial charge in [-0.15, -0.1) is 0 Å². The van der Waals surface area contributed by atoms with Crippen LogP contribution in [0.5, 0.6) is 0 Å². The van der Waals surface area contributed by atoms with Crippen molar-refractivity contribution >= 4 is 27.5 Å². The van der Waals surface area contributed by atoms with Gasteiger partial charge in [0, 0.05) is 16.4 Å². The average molecular weight is 342 g/mol. The van der Waals surface area contributed by atoms with E-state index in [1.807, 2.05) is 54.6 Å². The van der Waals surface area contributed by atoms with E-state index in [9.17, 15) is 4.79 Å². The van der Waals surface area contributed by atoms with E-state index >= 15 is 0 Å². The minimum Gasteiger partial charge on any atom is -0.322 e. The Morgan fingerprint density at radius 1 is 1.05 bits per heavy atom. The molecule has 1 aromatic heterocycles. The van der Waals surface area contributed by atoms with Gasteiger partial charge in [0.2, 0.25) is 0 Å². The van der Waals surface area contributed by atoms with Crippen LogP contribution in [0.25, 0.3) is 5.69 Å². The number of nitrogens with zero attached hydrogens (tertiary/aromatic N) is 2. The van der Waals surface area contributed by atoms with Crippen LogP contribution in [-0.4, -0.2) is 15.7 Å². The summed E-state index contributed by atoms with van der Waals surface area (Å²) in [5, 5.41) is 7.05. The predicted octanol–water partition coefficient (Wildman–Crippen LogP) is 3.89. The second kappa shape index (κ2) is 5.93. The number of carbonyl (C=O) groups is 1. The van der Waals surface area contributed by atoms with Crippen molar-refractivity contribution in [2.75, 3.05) is 5.32 Å². The quantitative estimate of drug-likeness (QED) is 0.785. The van der Waals surface area contributed by atoms with Crippen LogP contribution in [-0.2, 0) is 0 Å². The number of para-hydroxylation sites is 1. The molecular weight excluding hydrogens is 330 g/mol. The molecule has 0 atom stereocenters. The summed E-state index contributed by atoms with van der Waals surface area (Å²) in [5.74, 6) is -0.181. The molecule has 5 heteroatoms. The van der Waals surface area contributed by atoms with Gasteiger partial charge < -0.3 is 5.32 Å². The first-order chi connectivity index (χ1) is 10.2. The molecule has 0 saturated carbocycles. The highest BCUT2D eigenvalue weighted by Gasteiger charge is 2.09. The topological polar surface area (TPSA) is 46.9 Å². The second-order valence-electron chi connectivity index (χ2n) is 4.47. The summed E-state index contributed by atoms with van der Waals surface area (Å²) in [6, 6.07) is 17.1. The molecule has 0 bridgehead atoms. The number of benzene rings is 2. The van der Waals surface area contributed by atoms with Crippen molar-refractivity contribution in [3.8, 4) is 5.69 Å². The summed E-state index contributed by atoms with van der Waals surface area (Å²) >= 11 is 3.36. The number of anilines is 1. The predicted molar refractivity (Wildman–Crippen MR) is 85.7 cm³/mol. The zero-order chi connectivity index (χ0) is 14.7. The van der Waals surface area contributed by atoms with Gasteiger partial charge in [-0.3, -0.25) is 4.79 Å². The lowest BCUT2D eigenvalue weighted by atomic mass is 10.3. The molecule has 3 aromatic rings. The highest BCUT2D eigenvalue weighted by atomic mass is 79.9. The Morgan fingerprint density at radius 2 is 1.76 bits per heavy atom. The molecule has 0 aliphatic carbocycles. The highest BCUT2D eigenvalue weighted by Crippen LogP contribution is 2.15. The number of hydrogen-bond donors (Lipinski definition) is 1. The first-order valence-electron chi connectivity index (χ1n) is 6.39. The van der Waals surface area contributed by atoms with Gasteiger partial charge in [0.1, 0.15) is 0 Å². The lowest BCUT2D eigenvalue weighted by Gasteiger charge is -2.03. The van der Waals surface area contributed by atoms with Gasteiger partial charge in [-0.05, 0) is 36.4 Å². The van der Waals surface area contributed by atoms with Gasteiger partial charge in [0.15, 0.2) is 0 Å². The first kappa shape index (κ1) is 13.6. The third kappa shape index (κ3) is 3.20. The second-order valence-corrected chi connectivity index (χ2v) is 5.39. The molecule has 21 heavy (non-hydrogen) atoms. The zero-order valence-corrected chi connectivity index (χ0v) is 12.6. The van der Waals surface area contributed by atoms with E-state index in [4.69, 9.17) is 0 Å². The van der Waals surface area contributed by atoms with Crippen LogP contribution in [0.1, 0.15) is 10.4 Å². The maximum absolute atomic E-state index is 12.2. The molecule has 0 spiro atoms. The van der Waals surface area contributed by atoms with Crippen LogP contribution in [0.2, 0.25) is 0 Å². The van der Waals surface area contributed by atoms with Gasteiger partial charge in [0.05, 0.1) is 17.4 Å². The Morgan fingerprint density at radius 3 is 2.48 bits per heavy atom. The summed E-state index contributed by atoms with van der Waals surface area (Å²) in [7, 11) is 0. The number of amides is 1. The Balaban J connectivity index is 1.77. The Bertz CT molecular complexity index is 751. The Hall–Kier alpha value is -2.40. The zero-order valence-electron chi connectivity index (χ0n) is 11.0. The molecule has 104 valence electrons. The van der Waals surface area contributed by atoms with Crippen LogP contribution in [0.4, 0.5) is 5.69 Å². The number of hydrogen-bond acceptors (Lipinski definition) is 2. The molecule has 0 aliphatic heterocycles. The molecule has 0 fully saturated rings. The van der Waals surface area contributed by atoms with E-state index in [0.717, 1.165) is 15.8 Å². The Kier molecular flexibility index (Phi) is 3.83. The molecule has 2 aromatic carbocycles. The first-order valence-corrected chi connectivity index (χ1v) is 7.19. The number of aromatic nitrogens is 2. The summed E-state index contributed by atoms with van der Waals surface area (Å²) in [5.41, 5.74) is 2.18. The van der Waals surface area contributed by atoms with Gasteiger partial charge in [-0.2, -0.15) is 5.10 Å². The van der Waals surface area contributed by atoms with Crippen LogP contribution >= 0.6 is 15.9 Å². The lowest BCUT2D eigenvalue weighted by Crippen LogP contribution is -2.10. The van der Waals surface area contributed by atoms with Crippen molar-refractivity contribution in [1.82, 2.24) is 9.78 Å². The van der Waals surface area contributed by atoms with E-state index in [0.29, 0.717) is 5.56 Å². The third-order valence-electron chi connectivity index (χ3n) is 2.97. The monoisotopic (exact) mass is 341 g/mol. The fourth-order valence-corrected chi connectivity index (χ4v) is 2.16. The van der Waals surface area contributed by atoms with Crippen LogP contribution in [0.3, 0.4) is 0 Å². The molecule has 1 amide bonds. The summed E-state index contributed by atoms with van der Waals surface area (Å²) < 4.78 is 2.65. The standard InChI is InChI=1S/C16H12BrN3O/c17-13-6-8-14(9-7-13)19-16(21)12-10-18-20(11-12)15-4-2-1-3-5-15/h1-11H,(H,19,21). The molecule has 1 heterocycles. The fourth-order valence-electron chi connectivity index (χ4n) is 1.90. The van der Waals surface area contributed by atoms with Crippen molar-refractivity contribution < 1.29 is 4.79 Å². The largest absolute Gasteiger partial charge is 0.322 e. The molecule has 0 saturated heterocycles. The molecule has 0 aliphatic rings. The molecule has 1 N–H and O–H groups in total. The van der Waals surface area contributed by atoms with Gasteiger partial charge >= 0.3 is 0 Å². The highest BCUT2D eigenvalue weighted by molar-refractivity contribution is 9.10. The molecular formula is C16H12BrN3O. The van der Waals surface area contributed by atoms with Gasteiger partial charge in [-0.1, -0.05) is 34.1 Å². The van der Waals surface area contributed by atoms with Crippen molar-refractivity contribution in [1.29, 1.82) is 0 Å². The molecule has 3 rings (SSSR count). The number of carbonyl (C=O) groups excluding carboxylic acids is 1. The van der Waals surface area contributed by atoms with E-state index in [-0.39, 0.29) is 5.91 Å². The molecule has 4 nitrogen and oxygen atoms in total. The molecule has 0 unspecified atom stereocenters. The maximum atomic E-state index is 12.2. The number of halogens is 1. The molecule has 0 radical (unpaired) electrons. The number of rotatable bonds is 3. The van der Waals surface area contributed by atoms with Crippen LogP contribution in [0.15, 0.2) is 71.5 Å². The summed E-state index contributed by atoms with van der Waals surface area (Å²) in [4.78, 5) is 12.2. The average Bonchev–Trinajstić information content (AvgIpc) is 3.00. The van der Waals surface area contributed by atoms with Crippen molar-refractivity contribution in [3.05, 3.63) is 77.0 Å². The maximum Gasteiger partial charge on any atom is 0.258 e. The van der Waals surface area contributed by atoms with Crippen molar-refractivity contribution in [2.24, 2.45) is 0 Å². The van der Waals surface area contributed by atoms with Crippen LogP contribution in [0, 0.1) is 0 Å². The van der Waals surface area contributed by atoms with Gasteiger partial charge in [-0.25, -0.2) is 4.68 Å². The minimum absolute atomic E-state index is 0.181. The van der Waals surface area contributed by atoms with Crippen molar-refractivity contribution in [3.63, 3.8) is 0 Å². The minimum atomic E-state index is -0.181. The van der Waals surface area contributed by atoms with Crippen LogP contribution < -0.4 is 5.32 Å². The fraction of sp³-hybridized carbons (Fsp3) is 0. The summed E-state index contributed by atoms with van der Waals surface area (Å²) in [6.45, 7) is 0. The normalized spacial score (nSPS) is 10.3.